The van der Waals surface area contributed by atoms with Crippen molar-refractivity contribution in [3.8, 4) is 0 Å². The highest BCUT2D eigenvalue weighted by Crippen LogP contribution is 2.24. The number of hydrogen-bond acceptors (Lipinski definition) is 4. The van der Waals surface area contributed by atoms with Crippen molar-refractivity contribution in [2.24, 2.45) is 5.92 Å². The molecule has 0 amide bonds. The summed E-state index contributed by atoms with van der Waals surface area (Å²) in [5, 5.41) is 6.88. The minimum atomic E-state index is -2.79. The molecule has 3 atom stereocenters. The van der Waals surface area contributed by atoms with Gasteiger partial charge in [0.05, 0.1) is 11.5 Å². The maximum absolute atomic E-state index is 11.5. The van der Waals surface area contributed by atoms with Crippen LogP contribution in [0.4, 0.5) is 0 Å². The maximum Gasteiger partial charge on any atom is 0.152 e. The zero-order valence-corrected chi connectivity index (χ0v) is 10.9. The van der Waals surface area contributed by atoms with Crippen LogP contribution in [0.1, 0.15) is 26.7 Å². The third kappa shape index (κ3) is 2.76. The summed E-state index contributed by atoms with van der Waals surface area (Å²) in [5.74, 6) is 1.28. The summed E-state index contributed by atoms with van der Waals surface area (Å²) >= 11 is 0. The Bertz CT molecular complexity index is 355. The first-order chi connectivity index (χ1) is 7.40. The molecule has 0 aromatic carbocycles. The van der Waals surface area contributed by atoms with Crippen LogP contribution in [0.2, 0.25) is 0 Å². The Morgan fingerprint density at radius 1 is 1.50 bits per heavy atom. The molecule has 2 rings (SSSR count). The largest absolute Gasteiger partial charge is 0.314 e. The second-order valence-corrected chi connectivity index (χ2v) is 7.76. The molecular formula is C11H22N2O2S. The summed E-state index contributed by atoms with van der Waals surface area (Å²) in [5.41, 5.74) is -0.193. The molecule has 3 unspecified atom stereocenters. The Morgan fingerprint density at radius 3 is 2.75 bits per heavy atom. The van der Waals surface area contributed by atoms with Crippen LogP contribution in [0.5, 0.6) is 0 Å². The van der Waals surface area contributed by atoms with E-state index in [9.17, 15) is 8.42 Å². The fraction of sp³-hybridized carbons (Fsp3) is 1.00. The van der Waals surface area contributed by atoms with Crippen LogP contribution in [-0.4, -0.2) is 44.6 Å². The van der Waals surface area contributed by atoms with Gasteiger partial charge in [0, 0.05) is 18.1 Å². The third-order valence-electron chi connectivity index (χ3n) is 3.98. The van der Waals surface area contributed by atoms with Gasteiger partial charge in [-0.25, -0.2) is 8.42 Å². The zero-order chi connectivity index (χ0) is 11.8. The topological polar surface area (TPSA) is 58.2 Å². The minimum Gasteiger partial charge on any atom is -0.314 e. The van der Waals surface area contributed by atoms with Crippen LogP contribution in [-0.2, 0) is 9.84 Å². The second-order valence-electron chi connectivity index (χ2n) is 5.58. The van der Waals surface area contributed by atoms with Gasteiger partial charge in [0.1, 0.15) is 0 Å². The lowest BCUT2D eigenvalue weighted by atomic mass is 9.97. The SMILES string of the molecule is CC1NCCC1CNC1(C)CCS(=O)(=O)C1. The van der Waals surface area contributed by atoms with E-state index in [0.29, 0.717) is 23.5 Å². The summed E-state index contributed by atoms with van der Waals surface area (Å²) in [6.07, 6.45) is 1.95. The molecule has 0 radical (unpaired) electrons. The van der Waals surface area contributed by atoms with Crippen LogP contribution < -0.4 is 10.6 Å². The van der Waals surface area contributed by atoms with E-state index in [-0.39, 0.29) is 5.54 Å². The van der Waals surface area contributed by atoms with E-state index in [4.69, 9.17) is 0 Å². The predicted molar refractivity (Wildman–Crippen MR) is 65.3 cm³/mol. The van der Waals surface area contributed by atoms with E-state index in [1.807, 2.05) is 6.92 Å². The van der Waals surface area contributed by atoms with Crippen LogP contribution in [0.25, 0.3) is 0 Å². The molecule has 2 N–H and O–H groups in total. The molecule has 4 nitrogen and oxygen atoms in total. The normalized spacial score (nSPS) is 42.6. The summed E-state index contributed by atoms with van der Waals surface area (Å²) < 4.78 is 22.9. The zero-order valence-electron chi connectivity index (χ0n) is 10.1. The highest BCUT2D eigenvalue weighted by Gasteiger charge is 2.38. The van der Waals surface area contributed by atoms with E-state index < -0.39 is 9.84 Å². The van der Waals surface area contributed by atoms with Gasteiger partial charge >= 0.3 is 0 Å². The monoisotopic (exact) mass is 246 g/mol. The van der Waals surface area contributed by atoms with Crippen molar-refractivity contribution < 1.29 is 8.42 Å². The minimum absolute atomic E-state index is 0.193. The van der Waals surface area contributed by atoms with Gasteiger partial charge in [-0.1, -0.05) is 0 Å². The van der Waals surface area contributed by atoms with Crippen molar-refractivity contribution in [2.45, 2.75) is 38.3 Å². The first kappa shape index (κ1) is 12.3. The van der Waals surface area contributed by atoms with Crippen LogP contribution >= 0.6 is 0 Å². The summed E-state index contributed by atoms with van der Waals surface area (Å²) in [4.78, 5) is 0. The Hall–Kier alpha value is -0.130. The summed E-state index contributed by atoms with van der Waals surface area (Å²) in [7, 11) is -2.79. The molecule has 0 aromatic rings. The third-order valence-corrected chi connectivity index (χ3v) is 5.89. The highest BCUT2D eigenvalue weighted by molar-refractivity contribution is 7.91. The molecule has 5 heteroatoms. The van der Waals surface area contributed by atoms with Crippen molar-refractivity contribution in [2.75, 3.05) is 24.6 Å². The number of hydrogen-bond donors (Lipinski definition) is 2. The van der Waals surface area contributed by atoms with E-state index >= 15 is 0 Å². The Balaban J connectivity index is 1.86. The summed E-state index contributed by atoms with van der Waals surface area (Å²) in [6.45, 7) is 6.25. The van der Waals surface area contributed by atoms with Crippen molar-refractivity contribution in [1.82, 2.24) is 10.6 Å². The lowest BCUT2D eigenvalue weighted by Crippen LogP contribution is -2.46. The average molecular weight is 246 g/mol. The van der Waals surface area contributed by atoms with Gasteiger partial charge in [0.2, 0.25) is 0 Å². The lowest BCUT2D eigenvalue weighted by Gasteiger charge is -2.27. The van der Waals surface area contributed by atoms with Gasteiger partial charge in [0.25, 0.3) is 0 Å². The molecule has 2 heterocycles. The average Bonchev–Trinajstić information content (AvgIpc) is 2.69. The molecule has 2 saturated heterocycles. The van der Waals surface area contributed by atoms with Gasteiger partial charge in [-0.15, -0.1) is 0 Å². The smallest absolute Gasteiger partial charge is 0.152 e. The number of sulfone groups is 1. The van der Waals surface area contributed by atoms with E-state index in [1.54, 1.807) is 0 Å². The molecule has 0 spiro atoms. The van der Waals surface area contributed by atoms with Crippen molar-refractivity contribution in [1.29, 1.82) is 0 Å². The molecule has 2 aliphatic rings. The van der Waals surface area contributed by atoms with E-state index in [2.05, 4.69) is 17.6 Å². The molecule has 0 bridgehead atoms. The van der Waals surface area contributed by atoms with E-state index in [0.717, 1.165) is 19.5 Å². The predicted octanol–water partition coefficient (Wildman–Crippen LogP) is 0.151. The highest BCUT2D eigenvalue weighted by atomic mass is 32.2. The van der Waals surface area contributed by atoms with E-state index in [1.165, 1.54) is 6.42 Å². The Morgan fingerprint density at radius 2 is 2.25 bits per heavy atom. The molecule has 94 valence electrons. The van der Waals surface area contributed by atoms with Gasteiger partial charge in [-0.05, 0) is 39.2 Å². The maximum atomic E-state index is 11.5. The first-order valence-corrected chi connectivity index (χ1v) is 7.91. The van der Waals surface area contributed by atoms with Crippen LogP contribution in [0.15, 0.2) is 0 Å². The van der Waals surface area contributed by atoms with Crippen molar-refractivity contribution in [3.63, 3.8) is 0 Å². The van der Waals surface area contributed by atoms with Gasteiger partial charge in [0.15, 0.2) is 9.84 Å². The quantitative estimate of drug-likeness (QED) is 0.744. The molecule has 2 aliphatic heterocycles. The first-order valence-electron chi connectivity index (χ1n) is 6.09. The number of rotatable bonds is 3. The van der Waals surface area contributed by atoms with Crippen LogP contribution in [0, 0.1) is 5.92 Å². The second kappa shape index (κ2) is 4.27. The fourth-order valence-corrected chi connectivity index (χ4v) is 4.84. The molecular weight excluding hydrogens is 224 g/mol. The van der Waals surface area contributed by atoms with Gasteiger partial charge in [-0.3, -0.25) is 0 Å². The Labute approximate surface area is 98.1 Å². The lowest BCUT2D eigenvalue weighted by molar-refractivity contribution is 0.341. The summed E-state index contributed by atoms with van der Waals surface area (Å²) in [6, 6.07) is 0.550. The van der Waals surface area contributed by atoms with Crippen molar-refractivity contribution >= 4 is 9.84 Å². The van der Waals surface area contributed by atoms with Gasteiger partial charge < -0.3 is 10.6 Å². The molecule has 0 aromatic heterocycles. The molecule has 2 fully saturated rings. The Kier molecular flexibility index (Phi) is 3.29. The van der Waals surface area contributed by atoms with Crippen LogP contribution in [0.3, 0.4) is 0 Å². The van der Waals surface area contributed by atoms with Gasteiger partial charge in [-0.2, -0.15) is 0 Å². The van der Waals surface area contributed by atoms with Crippen molar-refractivity contribution in [3.05, 3.63) is 0 Å². The standard InChI is InChI=1S/C11H22N2O2S/c1-9-10(3-5-12-9)7-13-11(2)4-6-16(14,15)8-11/h9-10,12-13H,3-8H2,1-2H3. The number of nitrogens with one attached hydrogen (secondary N) is 2. The fourth-order valence-electron chi connectivity index (χ4n) is 2.72. The molecule has 16 heavy (non-hydrogen) atoms. The molecule has 0 aliphatic carbocycles. The molecule has 0 saturated carbocycles.